The van der Waals surface area contributed by atoms with Crippen molar-refractivity contribution in [1.29, 1.82) is 0 Å². The second kappa shape index (κ2) is 8.78. The van der Waals surface area contributed by atoms with Crippen LogP contribution >= 0.6 is 0 Å². The standard InChI is InChI=1S/C20H25N3O3/c1-2-3-4-7-12-26-20(25)14-15-10-11-19(24)18(13-15)23-21-16-8-5-6-9-17(16)22-23/h5-6,8-11,13,20,24-25H,2-4,7,12,14H2,1H3. The lowest BCUT2D eigenvalue weighted by atomic mass is 10.1. The summed E-state index contributed by atoms with van der Waals surface area (Å²) >= 11 is 0. The summed E-state index contributed by atoms with van der Waals surface area (Å²) in [5, 5.41) is 29.0. The lowest BCUT2D eigenvalue weighted by Gasteiger charge is -2.13. The smallest absolute Gasteiger partial charge is 0.158 e. The molecule has 0 aliphatic rings. The van der Waals surface area contributed by atoms with Gasteiger partial charge >= 0.3 is 0 Å². The van der Waals surface area contributed by atoms with Gasteiger partial charge in [0.25, 0.3) is 0 Å². The quantitative estimate of drug-likeness (QED) is 0.453. The van der Waals surface area contributed by atoms with Gasteiger partial charge in [-0.2, -0.15) is 0 Å². The topological polar surface area (TPSA) is 80.4 Å². The number of aliphatic hydroxyl groups excluding tert-OH is 1. The van der Waals surface area contributed by atoms with Crippen molar-refractivity contribution >= 4 is 11.0 Å². The highest BCUT2D eigenvalue weighted by Crippen LogP contribution is 2.24. The number of unbranched alkanes of at least 4 members (excludes halogenated alkanes) is 3. The van der Waals surface area contributed by atoms with Crippen LogP contribution in [0.1, 0.15) is 38.2 Å². The van der Waals surface area contributed by atoms with Crippen molar-refractivity contribution in [2.75, 3.05) is 6.61 Å². The molecule has 6 heteroatoms. The molecule has 138 valence electrons. The lowest BCUT2D eigenvalue weighted by Crippen LogP contribution is -2.16. The van der Waals surface area contributed by atoms with E-state index in [0.29, 0.717) is 18.7 Å². The van der Waals surface area contributed by atoms with E-state index in [1.54, 1.807) is 18.2 Å². The molecular weight excluding hydrogens is 330 g/mol. The van der Waals surface area contributed by atoms with E-state index in [1.807, 2.05) is 24.3 Å². The van der Waals surface area contributed by atoms with E-state index in [1.165, 1.54) is 17.6 Å². The van der Waals surface area contributed by atoms with Crippen molar-refractivity contribution in [2.24, 2.45) is 0 Å². The summed E-state index contributed by atoms with van der Waals surface area (Å²) in [6.07, 6.45) is 3.92. The van der Waals surface area contributed by atoms with E-state index in [-0.39, 0.29) is 5.75 Å². The third-order valence-corrected chi connectivity index (χ3v) is 4.26. The van der Waals surface area contributed by atoms with Crippen LogP contribution in [-0.4, -0.2) is 38.1 Å². The first-order valence-electron chi connectivity index (χ1n) is 9.11. The summed E-state index contributed by atoms with van der Waals surface area (Å²) < 4.78 is 5.47. The van der Waals surface area contributed by atoms with Gasteiger partial charge in [-0.1, -0.05) is 44.4 Å². The van der Waals surface area contributed by atoms with E-state index in [2.05, 4.69) is 17.1 Å². The van der Waals surface area contributed by atoms with Crippen molar-refractivity contribution in [3.63, 3.8) is 0 Å². The highest BCUT2D eigenvalue weighted by atomic mass is 16.6. The number of hydrogen-bond acceptors (Lipinski definition) is 5. The van der Waals surface area contributed by atoms with E-state index in [4.69, 9.17) is 4.74 Å². The van der Waals surface area contributed by atoms with Crippen LogP contribution in [0.25, 0.3) is 16.7 Å². The Kier molecular flexibility index (Phi) is 6.20. The maximum atomic E-state index is 10.2. The van der Waals surface area contributed by atoms with Gasteiger partial charge in [-0.3, -0.25) is 0 Å². The van der Waals surface area contributed by atoms with Crippen LogP contribution in [0.15, 0.2) is 42.5 Å². The minimum Gasteiger partial charge on any atom is -0.506 e. The molecule has 6 nitrogen and oxygen atoms in total. The maximum absolute atomic E-state index is 10.2. The molecule has 0 saturated carbocycles. The molecule has 0 bridgehead atoms. The number of aromatic nitrogens is 3. The zero-order chi connectivity index (χ0) is 18.4. The molecule has 0 aliphatic heterocycles. The molecule has 0 fully saturated rings. The predicted octanol–water partition coefficient (Wildman–Crippen LogP) is 3.58. The van der Waals surface area contributed by atoms with Gasteiger partial charge in [-0.15, -0.1) is 15.0 Å². The lowest BCUT2D eigenvalue weighted by molar-refractivity contribution is -0.0982. The number of phenolic OH excluding ortho intramolecular Hbond substituents is 1. The second-order valence-corrected chi connectivity index (χ2v) is 6.39. The largest absolute Gasteiger partial charge is 0.506 e. The van der Waals surface area contributed by atoms with Crippen molar-refractivity contribution in [3.05, 3.63) is 48.0 Å². The van der Waals surface area contributed by atoms with Crippen molar-refractivity contribution in [3.8, 4) is 11.4 Å². The van der Waals surface area contributed by atoms with Crippen LogP contribution in [0, 0.1) is 0 Å². The Bertz CT molecular complexity index is 814. The van der Waals surface area contributed by atoms with Gasteiger partial charge in [0.1, 0.15) is 22.5 Å². The SMILES string of the molecule is CCCCCCOC(O)Cc1ccc(O)c(-n2nc3ccccc3n2)c1. The van der Waals surface area contributed by atoms with Crippen LogP contribution in [-0.2, 0) is 11.2 Å². The molecule has 3 aromatic rings. The number of ether oxygens (including phenoxy) is 1. The molecule has 0 aliphatic carbocycles. The first kappa shape index (κ1) is 18.4. The molecule has 0 saturated heterocycles. The fraction of sp³-hybridized carbons (Fsp3) is 0.400. The van der Waals surface area contributed by atoms with Gasteiger partial charge in [0.05, 0.1) is 0 Å². The van der Waals surface area contributed by atoms with Gasteiger partial charge in [0.2, 0.25) is 0 Å². The molecule has 0 amide bonds. The van der Waals surface area contributed by atoms with Crippen molar-refractivity contribution < 1.29 is 14.9 Å². The fourth-order valence-corrected chi connectivity index (χ4v) is 2.83. The number of phenols is 1. The van der Waals surface area contributed by atoms with Crippen LogP contribution in [0.3, 0.4) is 0 Å². The monoisotopic (exact) mass is 355 g/mol. The minimum absolute atomic E-state index is 0.0871. The molecule has 1 aromatic heterocycles. The maximum Gasteiger partial charge on any atom is 0.158 e. The molecule has 1 atom stereocenters. The first-order chi connectivity index (χ1) is 12.7. The second-order valence-electron chi connectivity index (χ2n) is 6.39. The van der Waals surface area contributed by atoms with Crippen LogP contribution in [0.4, 0.5) is 0 Å². The predicted molar refractivity (Wildman–Crippen MR) is 100 cm³/mol. The van der Waals surface area contributed by atoms with Crippen LogP contribution in [0.2, 0.25) is 0 Å². The first-order valence-corrected chi connectivity index (χ1v) is 9.11. The Morgan fingerprint density at radius 1 is 1.04 bits per heavy atom. The number of benzene rings is 2. The Hall–Kier alpha value is -2.44. The zero-order valence-corrected chi connectivity index (χ0v) is 15.0. The summed E-state index contributed by atoms with van der Waals surface area (Å²) in [5.41, 5.74) is 2.84. The van der Waals surface area contributed by atoms with Gasteiger partial charge < -0.3 is 14.9 Å². The third-order valence-electron chi connectivity index (χ3n) is 4.26. The normalized spacial score (nSPS) is 12.5. The molecule has 3 rings (SSSR count). The van der Waals surface area contributed by atoms with E-state index >= 15 is 0 Å². The molecule has 2 N–H and O–H groups in total. The molecule has 0 spiro atoms. The third kappa shape index (κ3) is 4.59. The number of rotatable bonds is 9. The molecular formula is C20H25N3O3. The summed E-state index contributed by atoms with van der Waals surface area (Å²) in [4.78, 5) is 1.42. The number of aromatic hydroxyl groups is 1. The Balaban J connectivity index is 1.67. The van der Waals surface area contributed by atoms with Crippen molar-refractivity contribution in [1.82, 2.24) is 15.0 Å². The molecule has 1 heterocycles. The minimum atomic E-state index is -0.862. The number of aliphatic hydroxyl groups is 1. The van der Waals surface area contributed by atoms with Gasteiger partial charge in [0.15, 0.2) is 6.29 Å². The fourth-order valence-electron chi connectivity index (χ4n) is 2.83. The van der Waals surface area contributed by atoms with E-state index in [0.717, 1.165) is 29.4 Å². The zero-order valence-electron chi connectivity index (χ0n) is 15.0. The summed E-state index contributed by atoms with van der Waals surface area (Å²) in [6.45, 7) is 2.72. The summed E-state index contributed by atoms with van der Waals surface area (Å²) in [5.74, 6) is 0.0871. The number of fused-ring (bicyclic) bond motifs is 1. The number of nitrogens with zero attached hydrogens (tertiary/aromatic N) is 3. The van der Waals surface area contributed by atoms with E-state index < -0.39 is 6.29 Å². The number of hydrogen-bond donors (Lipinski definition) is 2. The highest BCUT2D eigenvalue weighted by molar-refractivity contribution is 5.73. The summed E-state index contributed by atoms with van der Waals surface area (Å²) in [7, 11) is 0. The summed E-state index contributed by atoms with van der Waals surface area (Å²) in [6, 6.07) is 12.7. The van der Waals surface area contributed by atoms with Crippen LogP contribution in [0.5, 0.6) is 5.75 Å². The molecule has 0 radical (unpaired) electrons. The molecule has 1 unspecified atom stereocenters. The van der Waals surface area contributed by atoms with Gasteiger partial charge in [-0.05, 0) is 36.2 Å². The molecule has 2 aromatic carbocycles. The van der Waals surface area contributed by atoms with Crippen LogP contribution < -0.4 is 0 Å². The van der Waals surface area contributed by atoms with E-state index in [9.17, 15) is 10.2 Å². The van der Waals surface area contributed by atoms with Gasteiger partial charge in [0, 0.05) is 13.0 Å². The average Bonchev–Trinajstić information content (AvgIpc) is 3.07. The average molecular weight is 355 g/mol. The highest BCUT2D eigenvalue weighted by Gasteiger charge is 2.12. The van der Waals surface area contributed by atoms with Gasteiger partial charge in [-0.25, -0.2) is 0 Å². The molecule has 26 heavy (non-hydrogen) atoms. The Morgan fingerprint density at radius 2 is 1.77 bits per heavy atom. The Morgan fingerprint density at radius 3 is 2.46 bits per heavy atom. The van der Waals surface area contributed by atoms with Crippen molar-refractivity contribution in [2.45, 2.75) is 45.3 Å². The Labute approximate surface area is 153 Å².